The summed E-state index contributed by atoms with van der Waals surface area (Å²) in [5, 5.41) is 19.3. The average Bonchev–Trinajstić information content (AvgIpc) is 2.16. The molecule has 1 aromatic rings. The van der Waals surface area contributed by atoms with Gasteiger partial charge in [-0.15, -0.1) is 0 Å². The molecule has 0 heterocycles. The van der Waals surface area contributed by atoms with Crippen molar-refractivity contribution in [1.82, 2.24) is 0 Å². The van der Waals surface area contributed by atoms with E-state index in [2.05, 4.69) is 15.9 Å². The molecule has 0 saturated heterocycles. The van der Waals surface area contributed by atoms with Gasteiger partial charge in [0.05, 0.1) is 4.92 Å². The van der Waals surface area contributed by atoms with Crippen LogP contribution in [0.1, 0.15) is 5.56 Å². The number of halogens is 1. The molecule has 1 atom stereocenters. The van der Waals surface area contributed by atoms with Gasteiger partial charge in [-0.2, -0.15) is 0 Å². The molecule has 0 aliphatic carbocycles. The zero-order valence-corrected chi connectivity index (χ0v) is 9.68. The second-order valence-electron chi connectivity index (χ2n) is 3.18. The number of nitrogens with zero attached hydrogens (tertiary/aromatic N) is 1. The maximum Gasteiger partial charge on any atom is 0.320 e. The van der Waals surface area contributed by atoms with Gasteiger partial charge in [0.15, 0.2) is 0 Å². The first-order valence-electron chi connectivity index (χ1n) is 4.33. The Bertz CT molecular complexity index is 436. The number of aliphatic carboxylic acids is 1. The lowest BCUT2D eigenvalue weighted by atomic mass is 10.0. The standard InChI is InChI=1S/C9H9BrN2O4/c10-6-1-2-8(12(15)16)5(3-6)4-7(11)9(13)14/h1-3,7H,4,11H2,(H,13,14). The highest BCUT2D eigenvalue weighted by Gasteiger charge is 2.19. The number of nitrogens with two attached hydrogens (primary N) is 1. The Morgan fingerprint density at radius 1 is 1.62 bits per heavy atom. The molecule has 3 N–H and O–H groups in total. The van der Waals surface area contributed by atoms with Crippen molar-refractivity contribution >= 4 is 27.6 Å². The molecule has 7 heteroatoms. The maximum atomic E-state index is 10.7. The Kier molecular flexibility index (Phi) is 3.97. The number of carboxylic acid groups (broad SMARTS) is 1. The molecule has 16 heavy (non-hydrogen) atoms. The Labute approximate surface area is 99.3 Å². The smallest absolute Gasteiger partial charge is 0.320 e. The van der Waals surface area contributed by atoms with E-state index < -0.39 is 16.9 Å². The van der Waals surface area contributed by atoms with E-state index in [-0.39, 0.29) is 12.1 Å². The van der Waals surface area contributed by atoms with E-state index in [0.717, 1.165) is 0 Å². The predicted molar refractivity (Wildman–Crippen MR) is 60.1 cm³/mol. The molecule has 1 aromatic carbocycles. The highest BCUT2D eigenvalue weighted by Crippen LogP contribution is 2.23. The third kappa shape index (κ3) is 3.01. The molecule has 0 spiro atoms. The van der Waals surface area contributed by atoms with Crippen LogP contribution in [-0.2, 0) is 11.2 Å². The lowest BCUT2D eigenvalue weighted by Gasteiger charge is -2.07. The van der Waals surface area contributed by atoms with Crippen molar-refractivity contribution in [3.05, 3.63) is 38.3 Å². The molecular weight excluding hydrogens is 280 g/mol. The topological polar surface area (TPSA) is 106 Å². The van der Waals surface area contributed by atoms with Crippen LogP contribution in [0.5, 0.6) is 0 Å². The van der Waals surface area contributed by atoms with E-state index in [1.807, 2.05) is 0 Å². The van der Waals surface area contributed by atoms with Crippen LogP contribution >= 0.6 is 15.9 Å². The minimum Gasteiger partial charge on any atom is -0.480 e. The number of hydrogen-bond donors (Lipinski definition) is 2. The Morgan fingerprint density at radius 3 is 2.75 bits per heavy atom. The minimum absolute atomic E-state index is 0.0783. The highest BCUT2D eigenvalue weighted by atomic mass is 79.9. The van der Waals surface area contributed by atoms with Gasteiger partial charge in [0.2, 0.25) is 0 Å². The van der Waals surface area contributed by atoms with Crippen molar-refractivity contribution in [3.63, 3.8) is 0 Å². The molecular formula is C9H9BrN2O4. The van der Waals surface area contributed by atoms with Gasteiger partial charge in [0.1, 0.15) is 6.04 Å². The van der Waals surface area contributed by atoms with Crippen LogP contribution in [0.3, 0.4) is 0 Å². The highest BCUT2D eigenvalue weighted by molar-refractivity contribution is 9.10. The second-order valence-corrected chi connectivity index (χ2v) is 4.09. The zero-order valence-electron chi connectivity index (χ0n) is 8.09. The first-order chi connectivity index (χ1) is 7.41. The third-order valence-electron chi connectivity index (χ3n) is 2.00. The van der Waals surface area contributed by atoms with E-state index in [4.69, 9.17) is 10.8 Å². The normalized spacial score (nSPS) is 12.1. The van der Waals surface area contributed by atoms with Gasteiger partial charge in [0, 0.05) is 22.5 Å². The summed E-state index contributed by atoms with van der Waals surface area (Å²) < 4.78 is 0.644. The van der Waals surface area contributed by atoms with E-state index in [0.29, 0.717) is 10.0 Å². The summed E-state index contributed by atoms with van der Waals surface area (Å²) in [5.41, 5.74) is 5.51. The van der Waals surface area contributed by atoms with Gasteiger partial charge < -0.3 is 10.8 Å². The van der Waals surface area contributed by atoms with Gasteiger partial charge in [-0.3, -0.25) is 14.9 Å². The molecule has 0 saturated carbocycles. The number of carbonyl (C=O) groups is 1. The number of rotatable bonds is 4. The van der Waals surface area contributed by atoms with E-state index >= 15 is 0 Å². The van der Waals surface area contributed by atoms with Crippen LogP contribution in [0.15, 0.2) is 22.7 Å². The number of carboxylic acids is 1. The fourth-order valence-electron chi connectivity index (χ4n) is 1.22. The zero-order chi connectivity index (χ0) is 12.3. The molecule has 1 rings (SSSR count). The summed E-state index contributed by atoms with van der Waals surface area (Å²) in [5.74, 6) is -1.19. The lowest BCUT2D eigenvalue weighted by Crippen LogP contribution is -2.32. The Morgan fingerprint density at radius 2 is 2.25 bits per heavy atom. The van der Waals surface area contributed by atoms with Gasteiger partial charge >= 0.3 is 5.97 Å². The molecule has 6 nitrogen and oxygen atoms in total. The summed E-state index contributed by atoms with van der Waals surface area (Å²) in [6.07, 6.45) is -0.0783. The van der Waals surface area contributed by atoms with Crippen molar-refractivity contribution in [2.45, 2.75) is 12.5 Å². The molecule has 0 fully saturated rings. The first kappa shape index (κ1) is 12.6. The number of nitro groups is 1. The Balaban J connectivity index is 3.05. The van der Waals surface area contributed by atoms with Crippen LogP contribution < -0.4 is 5.73 Å². The van der Waals surface area contributed by atoms with Crippen molar-refractivity contribution in [1.29, 1.82) is 0 Å². The number of benzene rings is 1. The predicted octanol–water partition coefficient (Wildman–Crippen LogP) is 1.31. The molecule has 0 bridgehead atoms. The van der Waals surface area contributed by atoms with Crippen LogP contribution in [-0.4, -0.2) is 22.0 Å². The third-order valence-corrected chi connectivity index (χ3v) is 2.49. The summed E-state index contributed by atoms with van der Waals surface area (Å²) in [6.45, 7) is 0. The molecule has 0 aliphatic heterocycles. The van der Waals surface area contributed by atoms with Crippen molar-refractivity contribution in [2.75, 3.05) is 0 Å². The number of hydrogen-bond acceptors (Lipinski definition) is 4. The van der Waals surface area contributed by atoms with Crippen LogP contribution in [0.25, 0.3) is 0 Å². The van der Waals surface area contributed by atoms with Gasteiger partial charge in [-0.05, 0) is 12.1 Å². The quantitative estimate of drug-likeness (QED) is 0.642. The van der Waals surface area contributed by atoms with Crippen molar-refractivity contribution in [2.24, 2.45) is 5.73 Å². The molecule has 0 aromatic heterocycles. The summed E-state index contributed by atoms with van der Waals surface area (Å²) in [4.78, 5) is 20.7. The van der Waals surface area contributed by atoms with Crippen molar-refractivity contribution in [3.8, 4) is 0 Å². The largest absolute Gasteiger partial charge is 0.480 e. The minimum atomic E-state index is -1.19. The molecule has 0 radical (unpaired) electrons. The van der Waals surface area contributed by atoms with Crippen LogP contribution in [0.4, 0.5) is 5.69 Å². The summed E-state index contributed by atoms with van der Waals surface area (Å²) >= 11 is 3.16. The lowest BCUT2D eigenvalue weighted by molar-refractivity contribution is -0.385. The van der Waals surface area contributed by atoms with Gasteiger partial charge in [0.25, 0.3) is 5.69 Å². The average molecular weight is 289 g/mol. The maximum absolute atomic E-state index is 10.7. The SMILES string of the molecule is NC(Cc1cc(Br)ccc1[N+](=O)[O-])C(=O)O. The summed E-state index contributed by atoms with van der Waals surface area (Å²) in [7, 11) is 0. The molecule has 86 valence electrons. The molecule has 1 unspecified atom stereocenters. The van der Waals surface area contributed by atoms with Crippen LogP contribution in [0, 0.1) is 10.1 Å². The second kappa shape index (κ2) is 5.04. The number of nitro benzene ring substituents is 1. The van der Waals surface area contributed by atoms with Crippen LogP contribution in [0.2, 0.25) is 0 Å². The summed E-state index contributed by atoms with van der Waals surface area (Å²) in [6, 6.07) is 3.19. The van der Waals surface area contributed by atoms with E-state index in [1.165, 1.54) is 18.2 Å². The molecule has 0 amide bonds. The monoisotopic (exact) mass is 288 g/mol. The fourth-order valence-corrected chi connectivity index (χ4v) is 1.63. The fraction of sp³-hybridized carbons (Fsp3) is 0.222. The van der Waals surface area contributed by atoms with Gasteiger partial charge in [-0.25, -0.2) is 0 Å². The van der Waals surface area contributed by atoms with Crippen molar-refractivity contribution < 1.29 is 14.8 Å². The van der Waals surface area contributed by atoms with E-state index in [9.17, 15) is 14.9 Å². The van der Waals surface area contributed by atoms with E-state index in [1.54, 1.807) is 0 Å². The first-order valence-corrected chi connectivity index (χ1v) is 5.12. The van der Waals surface area contributed by atoms with Gasteiger partial charge in [-0.1, -0.05) is 15.9 Å². The molecule has 0 aliphatic rings. The Hall–Kier alpha value is -1.47.